The SMILES string of the molecule is CC(C)[C@@H]1OCC[C@@H]1Cl. The Labute approximate surface area is 61.3 Å². The predicted octanol–water partition coefficient (Wildman–Crippen LogP) is 2.04. The zero-order valence-electron chi connectivity index (χ0n) is 5.93. The van der Waals surface area contributed by atoms with Crippen LogP contribution in [0.2, 0.25) is 0 Å². The van der Waals surface area contributed by atoms with Gasteiger partial charge in [-0.3, -0.25) is 0 Å². The molecule has 0 aromatic carbocycles. The first-order chi connectivity index (χ1) is 4.22. The summed E-state index contributed by atoms with van der Waals surface area (Å²) >= 11 is 5.95. The zero-order valence-corrected chi connectivity index (χ0v) is 6.69. The quantitative estimate of drug-likeness (QED) is 0.518. The second kappa shape index (κ2) is 2.89. The van der Waals surface area contributed by atoms with Gasteiger partial charge in [0.2, 0.25) is 0 Å². The molecule has 0 radical (unpaired) electrons. The lowest BCUT2D eigenvalue weighted by Gasteiger charge is -2.16. The van der Waals surface area contributed by atoms with Crippen molar-refractivity contribution in [2.24, 2.45) is 5.92 Å². The zero-order chi connectivity index (χ0) is 6.85. The van der Waals surface area contributed by atoms with Crippen molar-refractivity contribution in [2.45, 2.75) is 31.7 Å². The summed E-state index contributed by atoms with van der Waals surface area (Å²) in [5.74, 6) is 0.565. The molecule has 1 aliphatic heterocycles. The Bertz CT molecular complexity index is 92.9. The highest BCUT2D eigenvalue weighted by Crippen LogP contribution is 2.24. The van der Waals surface area contributed by atoms with Gasteiger partial charge in [-0.05, 0) is 12.3 Å². The van der Waals surface area contributed by atoms with Crippen LogP contribution in [0.25, 0.3) is 0 Å². The van der Waals surface area contributed by atoms with Gasteiger partial charge in [0, 0.05) is 6.61 Å². The lowest BCUT2D eigenvalue weighted by Crippen LogP contribution is -2.22. The number of hydrogen-bond donors (Lipinski definition) is 0. The van der Waals surface area contributed by atoms with Gasteiger partial charge >= 0.3 is 0 Å². The van der Waals surface area contributed by atoms with Crippen LogP contribution in [-0.4, -0.2) is 18.1 Å². The molecule has 1 heterocycles. The molecule has 0 aromatic heterocycles. The fourth-order valence-corrected chi connectivity index (χ4v) is 1.65. The smallest absolute Gasteiger partial charge is 0.0762 e. The predicted molar refractivity (Wildman–Crippen MR) is 38.8 cm³/mol. The van der Waals surface area contributed by atoms with Crippen LogP contribution in [0.5, 0.6) is 0 Å². The number of halogens is 1. The van der Waals surface area contributed by atoms with Crippen molar-refractivity contribution in [1.82, 2.24) is 0 Å². The van der Waals surface area contributed by atoms with Crippen molar-refractivity contribution >= 4 is 11.6 Å². The highest BCUT2D eigenvalue weighted by Gasteiger charge is 2.28. The maximum Gasteiger partial charge on any atom is 0.0762 e. The molecular formula is C7H13ClO. The Morgan fingerprint density at radius 3 is 2.44 bits per heavy atom. The third kappa shape index (κ3) is 1.59. The molecule has 0 N–H and O–H groups in total. The molecule has 0 aromatic rings. The topological polar surface area (TPSA) is 9.23 Å². The summed E-state index contributed by atoms with van der Waals surface area (Å²) in [4.78, 5) is 0. The summed E-state index contributed by atoms with van der Waals surface area (Å²) in [6.07, 6.45) is 1.32. The Morgan fingerprint density at radius 2 is 2.22 bits per heavy atom. The molecule has 0 saturated carbocycles. The third-order valence-electron chi connectivity index (χ3n) is 1.72. The van der Waals surface area contributed by atoms with E-state index < -0.39 is 0 Å². The maximum atomic E-state index is 5.95. The van der Waals surface area contributed by atoms with E-state index in [-0.39, 0.29) is 5.38 Å². The van der Waals surface area contributed by atoms with Crippen molar-refractivity contribution in [3.63, 3.8) is 0 Å². The molecule has 0 bridgehead atoms. The van der Waals surface area contributed by atoms with Gasteiger partial charge in [-0.15, -0.1) is 11.6 Å². The number of hydrogen-bond acceptors (Lipinski definition) is 1. The van der Waals surface area contributed by atoms with E-state index in [1.54, 1.807) is 0 Å². The van der Waals surface area contributed by atoms with E-state index in [1.807, 2.05) is 0 Å². The fraction of sp³-hybridized carbons (Fsp3) is 1.00. The van der Waals surface area contributed by atoms with E-state index in [4.69, 9.17) is 16.3 Å². The van der Waals surface area contributed by atoms with Crippen LogP contribution < -0.4 is 0 Å². The van der Waals surface area contributed by atoms with Crippen LogP contribution in [0, 0.1) is 5.92 Å². The summed E-state index contributed by atoms with van der Waals surface area (Å²) in [6, 6.07) is 0. The monoisotopic (exact) mass is 148 g/mol. The average molecular weight is 149 g/mol. The number of alkyl halides is 1. The van der Waals surface area contributed by atoms with Gasteiger partial charge in [0.25, 0.3) is 0 Å². The molecule has 54 valence electrons. The van der Waals surface area contributed by atoms with Crippen molar-refractivity contribution < 1.29 is 4.74 Å². The van der Waals surface area contributed by atoms with E-state index in [0.717, 1.165) is 13.0 Å². The van der Waals surface area contributed by atoms with Gasteiger partial charge < -0.3 is 4.74 Å². The van der Waals surface area contributed by atoms with Crippen LogP contribution >= 0.6 is 11.6 Å². The van der Waals surface area contributed by atoms with Crippen LogP contribution in [0.1, 0.15) is 20.3 Å². The fourth-order valence-electron chi connectivity index (χ4n) is 1.20. The second-order valence-corrected chi connectivity index (χ2v) is 3.44. The second-order valence-electron chi connectivity index (χ2n) is 2.88. The standard InChI is InChI=1S/C7H13ClO/c1-5(2)7-6(8)3-4-9-7/h5-7H,3-4H2,1-2H3/t6-,7-/m0/s1. The first-order valence-corrected chi connectivity index (χ1v) is 3.91. The van der Waals surface area contributed by atoms with Crippen molar-refractivity contribution in [3.05, 3.63) is 0 Å². The van der Waals surface area contributed by atoms with Gasteiger partial charge in [-0.1, -0.05) is 13.8 Å². The molecule has 2 heteroatoms. The van der Waals surface area contributed by atoms with Crippen LogP contribution in [0.3, 0.4) is 0 Å². The minimum absolute atomic E-state index is 0.255. The molecule has 1 aliphatic rings. The van der Waals surface area contributed by atoms with Gasteiger partial charge in [0.05, 0.1) is 11.5 Å². The molecule has 1 fully saturated rings. The molecule has 1 nitrogen and oxygen atoms in total. The molecular weight excluding hydrogens is 136 g/mol. The van der Waals surface area contributed by atoms with Crippen molar-refractivity contribution in [3.8, 4) is 0 Å². The van der Waals surface area contributed by atoms with E-state index in [1.165, 1.54) is 0 Å². The van der Waals surface area contributed by atoms with Crippen molar-refractivity contribution in [1.29, 1.82) is 0 Å². The van der Waals surface area contributed by atoms with Crippen LogP contribution in [0.4, 0.5) is 0 Å². The lowest BCUT2D eigenvalue weighted by molar-refractivity contribution is 0.0772. The number of ether oxygens (including phenoxy) is 1. The highest BCUT2D eigenvalue weighted by atomic mass is 35.5. The van der Waals surface area contributed by atoms with E-state index in [2.05, 4.69) is 13.8 Å². The largest absolute Gasteiger partial charge is 0.376 e. The lowest BCUT2D eigenvalue weighted by atomic mass is 10.0. The summed E-state index contributed by atoms with van der Waals surface area (Å²) < 4.78 is 5.39. The summed E-state index contributed by atoms with van der Waals surface area (Å²) in [6.45, 7) is 5.13. The summed E-state index contributed by atoms with van der Waals surface area (Å²) in [5, 5.41) is 0.255. The van der Waals surface area contributed by atoms with Crippen LogP contribution in [0.15, 0.2) is 0 Å². The van der Waals surface area contributed by atoms with Crippen LogP contribution in [-0.2, 0) is 4.74 Å². The van der Waals surface area contributed by atoms with E-state index in [0.29, 0.717) is 12.0 Å². The van der Waals surface area contributed by atoms with Crippen molar-refractivity contribution in [2.75, 3.05) is 6.61 Å². The van der Waals surface area contributed by atoms with Gasteiger partial charge in [-0.25, -0.2) is 0 Å². The minimum atomic E-state index is 0.255. The van der Waals surface area contributed by atoms with Gasteiger partial charge in [-0.2, -0.15) is 0 Å². The summed E-state index contributed by atoms with van der Waals surface area (Å²) in [7, 11) is 0. The van der Waals surface area contributed by atoms with Gasteiger partial charge in [0.1, 0.15) is 0 Å². The number of rotatable bonds is 1. The molecule has 0 aliphatic carbocycles. The molecule has 0 spiro atoms. The average Bonchev–Trinajstić information content (AvgIpc) is 2.13. The Kier molecular flexibility index (Phi) is 2.36. The first kappa shape index (κ1) is 7.36. The molecule has 1 rings (SSSR count). The molecule has 9 heavy (non-hydrogen) atoms. The highest BCUT2D eigenvalue weighted by molar-refractivity contribution is 6.21. The molecule has 0 amide bonds. The third-order valence-corrected chi connectivity index (χ3v) is 2.18. The Hall–Kier alpha value is 0.250. The first-order valence-electron chi connectivity index (χ1n) is 3.47. The molecule has 2 atom stereocenters. The van der Waals surface area contributed by atoms with Gasteiger partial charge in [0.15, 0.2) is 0 Å². The molecule has 0 unspecified atom stereocenters. The van der Waals surface area contributed by atoms with E-state index >= 15 is 0 Å². The maximum absolute atomic E-state index is 5.95. The molecule has 1 saturated heterocycles. The Balaban J connectivity index is 2.40. The van der Waals surface area contributed by atoms with E-state index in [9.17, 15) is 0 Å². The normalized spacial score (nSPS) is 36.0. The minimum Gasteiger partial charge on any atom is -0.376 e. The Morgan fingerprint density at radius 1 is 1.56 bits per heavy atom. The summed E-state index contributed by atoms with van der Waals surface area (Å²) in [5.41, 5.74) is 0.